The molecule has 0 bridgehead atoms. The van der Waals surface area contributed by atoms with Crippen LogP contribution in [0.2, 0.25) is 0 Å². The van der Waals surface area contributed by atoms with Gasteiger partial charge in [-0.25, -0.2) is 4.79 Å². The van der Waals surface area contributed by atoms with E-state index in [-0.39, 0.29) is 30.1 Å². The Morgan fingerprint density at radius 1 is 1.29 bits per heavy atom. The molecule has 0 aromatic heterocycles. The summed E-state index contributed by atoms with van der Waals surface area (Å²) in [6, 6.07) is 8.12. The predicted molar refractivity (Wildman–Crippen MR) is 109 cm³/mol. The first-order valence-corrected chi connectivity index (χ1v) is 9.92. The zero-order chi connectivity index (χ0) is 20.7. The maximum Gasteiger partial charge on any atom is 0.317 e. The first kappa shape index (κ1) is 22.0. The number of aliphatic carboxylic acids is 1. The van der Waals surface area contributed by atoms with Crippen molar-refractivity contribution in [2.75, 3.05) is 26.2 Å². The number of hydrogen-bond acceptors (Lipinski definition) is 4. The smallest absolute Gasteiger partial charge is 0.317 e. The number of nitrogens with zero attached hydrogens (tertiary/aromatic N) is 1. The standard InChI is InChI=1S/C21H33N3O4/c1-5-24(14-19(25)26)17-12-16(13-17)23-20(27)22-9-10-28-18-8-6-7-15(11-18)21(2,3)4/h6-8,11,16-17H,5,9-10,12-14H2,1-4H3,(H,25,26)(H2,22,23,27). The minimum atomic E-state index is -0.816. The maximum absolute atomic E-state index is 12.0. The van der Waals surface area contributed by atoms with Crippen molar-refractivity contribution in [3.05, 3.63) is 29.8 Å². The fraction of sp³-hybridized carbons (Fsp3) is 0.619. The fourth-order valence-electron chi connectivity index (χ4n) is 3.30. The van der Waals surface area contributed by atoms with E-state index in [1.807, 2.05) is 30.0 Å². The van der Waals surface area contributed by atoms with E-state index in [1.54, 1.807) is 0 Å². The molecule has 0 radical (unpaired) electrons. The van der Waals surface area contributed by atoms with Crippen LogP contribution in [0.4, 0.5) is 4.79 Å². The van der Waals surface area contributed by atoms with E-state index in [4.69, 9.17) is 9.84 Å². The number of amides is 2. The van der Waals surface area contributed by atoms with Gasteiger partial charge in [0.2, 0.25) is 0 Å². The molecule has 0 spiro atoms. The van der Waals surface area contributed by atoms with Crippen LogP contribution >= 0.6 is 0 Å². The normalized spacial score (nSPS) is 19.0. The van der Waals surface area contributed by atoms with Crippen LogP contribution in [0.5, 0.6) is 5.75 Å². The molecule has 1 aromatic carbocycles. The van der Waals surface area contributed by atoms with Gasteiger partial charge in [-0.15, -0.1) is 0 Å². The number of carbonyl (C=O) groups excluding carboxylic acids is 1. The van der Waals surface area contributed by atoms with E-state index in [0.29, 0.717) is 19.7 Å². The van der Waals surface area contributed by atoms with Gasteiger partial charge in [0, 0.05) is 12.1 Å². The minimum absolute atomic E-state index is 0.0494. The van der Waals surface area contributed by atoms with Crippen molar-refractivity contribution in [1.82, 2.24) is 15.5 Å². The van der Waals surface area contributed by atoms with Crippen molar-refractivity contribution in [2.24, 2.45) is 0 Å². The molecule has 0 saturated heterocycles. The summed E-state index contributed by atoms with van der Waals surface area (Å²) in [6.07, 6.45) is 1.56. The average Bonchev–Trinajstić information content (AvgIpc) is 2.59. The predicted octanol–water partition coefficient (Wildman–Crippen LogP) is 2.60. The lowest BCUT2D eigenvalue weighted by molar-refractivity contribution is -0.139. The van der Waals surface area contributed by atoms with Gasteiger partial charge in [0.15, 0.2) is 0 Å². The van der Waals surface area contributed by atoms with Gasteiger partial charge in [-0.2, -0.15) is 0 Å². The van der Waals surface area contributed by atoms with Crippen LogP contribution in [0.15, 0.2) is 24.3 Å². The van der Waals surface area contributed by atoms with Gasteiger partial charge in [0.1, 0.15) is 12.4 Å². The van der Waals surface area contributed by atoms with Crippen LogP contribution in [-0.2, 0) is 10.2 Å². The molecule has 28 heavy (non-hydrogen) atoms. The molecule has 156 valence electrons. The number of rotatable bonds is 9. The van der Waals surface area contributed by atoms with Gasteiger partial charge >= 0.3 is 12.0 Å². The number of carboxylic acids is 1. The molecule has 1 aliphatic rings. The Morgan fingerprint density at radius 3 is 2.61 bits per heavy atom. The summed E-state index contributed by atoms with van der Waals surface area (Å²) in [7, 11) is 0. The van der Waals surface area contributed by atoms with Crippen LogP contribution < -0.4 is 15.4 Å². The van der Waals surface area contributed by atoms with Gasteiger partial charge in [-0.05, 0) is 42.5 Å². The number of carboxylic acid groups (broad SMARTS) is 1. The van der Waals surface area contributed by atoms with Crippen LogP contribution in [0, 0.1) is 0 Å². The highest BCUT2D eigenvalue weighted by Crippen LogP contribution is 2.26. The zero-order valence-electron chi connectivity index (χ0n) is 17.3. The van der Waals surface area contributed by atoms with Crippen LogP contribution in [-0.4, -0.2) is 60.3 Å². The monoisotopic (exact) mass is 391 g/mol. The summed E-state index contributed by atoms with van der Waals surface area (Å²) in [5.74, 6) is -0.0152. The molecule has 1 saturated carbocycles. The summed E-state index contributed by atoms with van der Waals surface area (Å²) in [5.41, 5.74) is 1.27. The Morgan fingerprint density at radius 2 is 2.00 bits per heavy atom. The molecule has 3 N–H and O–H groups in total. The highest BCUT2D eigenvalue weighted by atomic mass is 16.5. The molecular weight excluding hydrogens is 358 g/mol. The van der Waals surface area contributed by atoms with E-state index >= 15 is 0 Å². The van der Waals surface area contributed by atoms with Gasteiger partial charge in [0.05, 0.1) is 13.1 Å². The fourth-order valence-corrected chi connectivity index (χ4v) is 3.30. The van der Waals surface area contributed by atoms with Crippen molar-refractivity contribution >= 4 is 12.0 Å². The van der Waals surface area contributed by atoms with E-state index in [9.17, 15) is 9.59 Å². The van der Waals surface area contributed by atoms with Gasteiger partial charge < -0.3 is 20.5 Å². The molecule has 2 amide bonds. The Labute approximate surface area is 167 Å². The van der Waals surface area contributed by atoms with Crippen molar-refractivity contribution in [1.29, 1.82) is 0 Å². The van der Waals surface area contributed by atoms with Crippen molar-refractivity contribution in [3.63, 3.8) is 0 Å². The van der Waals surface area contributed by atoms with E-state index < -0.39 is 5.97 Å². The van der Waals surface area contributed by atoms with Crippen LogP contribution in [0.25, 0.3) is 0 Å². The lowest BCUT2D eigenvalue weighted by atomic mass is 9.85. The van der Waals surface area contributed by atoms with E-state index in [0.717, 1.165) is 18.6 Å². The molecule has 1 aliphatic carbocycles. The van der Waals surface area contributed by atoms with Crippen LogP contribution in [0.1, 0.15) is 46.1 Å². The molecule has 7 heteroatoms. The van der Waals surface area contributed by atoms with Crippen molar-refractivity contribution < 1.29 is 19.4 Å². The average molecular weight is 392 g/mol. The largest absolute Gasteiger partial charge is 0.492 e. The first-order valence-electron chi connectivity index (χ1n) is 9.92. The maximum atomic E-state index is 12.0. The first-order chi connectivity index (χ1) is 13.2. The number of hydrogen-bond donors (Lipinski definition) is 3. The second kappa shape index (κ2) is 9.78. The summed E-state index contributed by atoms with van der Waals surface area (Å²) in [4.78, 5) is 24.8. The van der Waals surface area contributed by atoms with E-state index in [1.165, 1.54) is 5.56 Å². The molecule has 0 unspecified atom stereocenters. The Kier molecular flexibility index (Phi) is 7.69. The molecule has 2 rings (SSSR count). The summed E-state index contributed by atoms with van der Waals surface area (Å²) < 4.78 is 5.73. The summed E-state index contributed by atoms with van der Waals surface area (Å²) in [6.45, 7) is 9.99. The molecule has 7 nitrogen and oxygen atoms in total. The SMILES string of the molecule is CCN(CC(=O)O)C1CC(NC(=O)NCCOc2cccc(C(C)(C)C)c2)C1. The van der Waals surface area contributed by atoms with Gasteiger partial charge in [-0.3, -0.25) is 9.69 Å². The third kappa shape index (κ3) is 6.71. The number of likely N-dealkylation sites (N-methyl/N-ethyl adjacent to an activating group) is 1. The lowest BCUT2D eigenvalue weighted by Crippen LogP contribution is -2.56. The number of carbonyl (C=O) groups is 2. The van der Waals surface area contributed by atoms with Crippen molar-refractivity contribution in [2.45, 2.75) is 58.0 Å². The highest BCUT2D eigenvalue weighted by molar-refractivity contribution is 5.74. The second-order valence-electron chi connectivity index (χ2n) is 8.31. The zero-order valence-corrected chi connectivity index (χ0v) is 17.3. The third-order valence-corrected chi connectivity index (χ3v) is 5.07. The molecule has 0 atom stereocenters. The number of urea groups is 1. The highest BCUT2D eigenvalue weighted by Gasteiger charge is 2.34. The van der Waals surface area contributed by atoms with E-state index in [2.05, 4.69) is 37.5 Å². The number of ether oxygens (including phenoxy) is 1. The Balaban J connectivity index is 1.63. The summed E-state index contributed by atoms with van der Waals surface area (Å²) >= 11 is 0. The van der Waals surface area contributed by atoms with Crippen molar-refractivity contribution in [3.8, 4) is 5.75 Å². The lowest BCUT2D eigenvalue weighted by Gasteiger charge is -2.42. The topological polar surface area (TPSA) is 90.9 Å². The quantitative estimate of drug-likeness (QED) is 0.563. The number of nitrogens with one attached hydrogen (secondary N) is 2. The third-order valence-electron chi connectivity index (χ3n) is 5.07. The molecular formula is C21H33N3O4. The van der Waals surface area contributed by atoms with Crippen LogP contribution in [0.3, 0.4) is 0 Å². The molecule has 0 aliphatic heterocycles. The molecule has 1 fully saturated rings. The molecule has 0 heterocycles. The summed E-state index contributed by atoms with van der Waals surface area (Å²) in [5, 5.41) is 14.7. The second-order valence-corrected chi connectivity index (χ2v) is 8.31. The Hall–Kier alpha value is -2.28. The van der Waals surface area contributed by atoms with Gasteiger partial charge in [0.25, 0.3) is 0 Å². The number of benzene rings is 1. The Bertz CT molecular complexity index is 666. The minimum Gasteiger partial charge on any atom is -0.492 e. The van der Waals surface area contributed by atoms with Gasteiger partial charge in [-0.1, -0.05) is 39.8 Å². The molecule has 1 aromatic rings.